The molecule has 0 aromatic heterocycles. The lowest BCUT2D eigenvalue weighted by atomic mass is 9.98. The lowest BCUT2D eigenvalue weighted by molar-refractivity contribution is 0.103. The molecule has 4 nitrogen and oxygen atoms in total. The Hall–Kier alpha value is -1.45. The van der Waals surface area contributed by atoms with Gasteiger partial charge in [0, 0.05) is 11.1 Å². The number of thiocarbonyl (C=S) groups is 2. The molecule has 0 saturated heterocycles. The number of hydrogen-bond donors (Lipinski definition) is 5. The number of ketones is 1. The summed E-state index contributed by atoms with van der Waals surface area (Å²) in [5, 5.41) is 15.8. The molecule has 0 spiro atoms. The number of aliphatic hydroxyl groups excluding tert-OH is 1. The van der Waals surface area contributed by atoms with E-state index in [1.165, 1.54) is 0 Å². The first-order valence-corrected chi connectivity index (χ1v) is 9.37. The van der Waals surface area contributed by atoms with Crippen molar-refractivity contribution in [2.45, 2.75) is 19.2 Å². The number of nitrogens with one attached hydrogen (secondary N) is 2. The van der Waals surface area contributed by atoms with E-state index in [-0.39, 0.29) is 14.4 Å². The molecule has 2 rings (SSSR count). The fourth-order valence-electron chi connectivity index (χ4n) is 2.40. The molecule has 2 atom stereocenters. The van der Waals surface area contributed by atoms with E-state index in [0.717, 1.165) is 5.56 Å². The van der Waals surface area contributed by atoms with Crippen molar-refractivity contribution in [1.82, 2.24) is 10.6 Å². The van der Waals surface area contributed by atoms with Gasteiger partial charge in [-0.05, 0) is 12.5 Å². The van der Waals surface area contributed by atoms with Crippen LogP contribution in [0.3, 0.4) is 0 Å². The van der Waals surface area contributed by atoms with Gasteiger partial charge in [-0.3, -0.25) is 4.79 Å². The van der Waals surface area contributed by atoms with E-state index in [1.807, 2.05) is 19.1 Å². The molecule has 0 heterocycles. The van der Waals surface area contributed by atoms with E-state index in [0.29, 0.717) is 16.7 Å². The molecule has 26 heavy (non-hydrogen) atoms. The third-order valence-electron chi connectivity index (χ3n) is 3.71. The van der Waals surface area contributed by atoms with E-state index in [9.17, 15) is 9.90 Å². The number of carbonyl (C=O) groups is 1. The van der Waals surface area contributed by atoms with Gasteiger partial charge in [0.15, 0.2) is 5.78 Å². The van der Waals surface area contributed by atoms with Crippen LogP contribution in [-0.2, 0) is 0 Å². The molecule has 0 aliphatic heterocycles. The summed E-state index contributed by atoms with van der Waals surface area (Å²) in [7, 11) is 0. The van der Waals surface area contributed by atoms with Crippen LogP contribution in [0.1, 0.15) is 33.1 Å². The standard InChI is InChI=1S/C18H18N2O2S4/c1-10-2-4-12(5-3-10)15(21)13-8-6-11(7-9-13)14(19-17(23)24)16(22)20-18(25)26/h2-9,14,16,22H,1H3,(H2,19,23,24)(H2,20,25,26). The molecular weight excluding hydrogens is 404 g/mol. The van der Waals surface area contributed by atoms with Crippen molar-refractivity contribution >= 4 is 64.1 Å². The second-order valence-corrected chi connectivity index (χ2v) is 7.95. The predicted molar refractivity (Wildman–Crippen MR) is 119 cm³/mol. The number of hydrogen-bond acceptors (Lipinski definition) is 4. The van der Waals surface area contributed by atoms with Crippen LogP contribution in [0.5, 0.6) is 0 Å². The van der Waals surface area contributed by atoms with Crippen molar-refractivity contribution in [3.8, 4) is 0 Å². The van der Waals surface area contributed by atoms with Crippen molar-refractivity contribution in [3.63, 3.8) is 0 Å². The highest BCUT2D eigenvalue weighted by molar-refractivity contribution is 8.11. The number of aryl methyl sites for hydroxylation is 1. The van der Waals surface area contributed by atoms with Crippen LogP contribution in [0.2, 0.25) is 0 Å². The quantitative estimate of drug-likeness (QED) is 0.213. The van der Waals surface area contributed by atoms with Crippen molar-refractivity contribution in [3.05, 3.63) is 70.8 Å². The Morgan fingerprint density at radius 1 is 0.923 bits per heavy atom. The molecule has 3 N–H and O–H groups in total. The fourth-order valence-corrected chi connectivity index (χ4v) is 2.92. The highest BCUT2D eigenvalue weighted by atomic mass is 32.1. The van der Waals surface area contributed by atoms with Crippen LogP contribution in [0, 0.1) is 6.92 Å². The Morgan fingerprint density at radius 2 is 1.38 bits per heavy atom. The number of rotatable bonds is 6. The van der Waals surface area contributed by atoms with Crippen molar-refractivity contribution in [2.24, 2.45) is 0 Å². The average Bonchev–Trinajstić information content (AvgIpc) is 2.59. The van der Waals surface area contributed by atoms with Gasteiger partial charge < -0.3 is 15.7 Å². The average molecular weight is 423 g/mol. The zero-order valence-electron chi connectivity index (χ0n) is 13.8. The minimum atomic E-state index is -1.07. The SMILES string of the molecule is Cc1ccc(C(=O)c2ccc(C(NC(=S)S)C(O)NC(=S)S)cc2)cc1. The Morgan fingerprint density at radius 3 is 1.85 bits per heavy atom. The summed E-state index contributed by atoms with van der Waals surface area (Å²) in [5.41, 5.74) is 2.98. The number of thiol groups is 2. The van der Waals surface area contributed by atoms with Gasteiger partial charge in [0.2, 0.25) is 0 Å². The summed E-state index contributed by atoms with van der Waals surface area (Å²) < 4.78 is 0.376. The largest absolute Gasteiger partial charge is 0.371 e. The second-order valence-electron chi connectivity index (χ2n) is 5.64. The zero-order valence-corrected chi connectivity index (χ0v) is 17.3. The third kappa shape index (κ3) is 5.78. The van der Waals surface area contributed by atoms with Gasteiger partial charge in [0.25, 0.3) is 0 Å². The molecule has 2 unspecified atom stereocenters. The molecule has 0 bridgehead atoms. The summed E-state index contributed by atoms with van der Waals surface area (Å²) in [6.45, 7) is 1.97. The van der Waals surface area contributed by atoms with Gasteiger partial charge in [-0.2, -0.15) is 0 Å². The summed E-state index contributed by atoms with van der Waals surface area (Å²) >= 11 is 17.8. The normalized spacial score (nSPS) is 12.8. The molecule has 8 heteroatoms. The Bertz CT molecular complexity index is 807. The minimum Gasteiger partial charge on any atom is -0.371 e. The van der Waals surface area contributed by atoms with Crippen LogP contribution in [-0.4, -0.2) is 25.8 Å². The predicted octanol–water partition coefficient (Wildman–Crippen LogP) is 3.19. The fraction of sp³-hybridized carbons (Fsp3) is 0.167. The van der Waals surface area contributed by atoms with Crippen molar-refractivity contribution in [2.75, 3.05) is 0 Å². The summed E-state index contributed by atoms with van der Waals surface area (Å²) in [6, 6.07) is 13.7. The van der Waals surface area contributed by atoms with Gasteiger partial charge in [-0.25, -0.2) is 0 Å². The summed E-state index contributed by atoms with van der Waals surface area (Å²) in [6.07, 6.45) is -1.07. The van der Waals surface area contributed by atoms with Gasteiger partial charge in [0.1, 0.15) is 14.9 Å². The monoisotopic (exact) mass is 422 g/mol. The number of benzene rings is 2. The number of aliphatic hydroxyl groups is 1. The van der Waals surface area contributed by atoms with Gasteiger partial charge >= 0.3 is 0 Å². The molecule has 136 valence electrons. The highest BCUT2D eigenvalue weighted by Crippen LogP contribution is 2.19. The van der Waals surface area contributed by atoms with Crippen LogP contribution >= 0.6 is 49.7 Å². The molecule has 0 saturated carbocycles. The Kier molecular flexibility index (Phi) is 7.60. The Balaban J connectivity index is 2.24. The topological polar surface area (TPSA) is 61.4 Å². The second kappa shape index (κ2) is 9.48. The number of carbonyl (C=O) groups excluding carboxylic acids is 1. The van der Waals surface area contributed by atoms with Gasteiger partial charge in [-0.1, -0.05) is 78.5 Å². The van der Waals surface area contributed by atoms with Crippen LogP contribution in [0.4, 0.5) is 0 Å². The van der Waals surface area contributed by atoms with Crippen LogP contribution < -0.4 is 10.6 Å². The van der Waals surface area contributed by atoms with E-state index in [4.69, 9.17) is 24.4 Å². The third-order valence-corrected chi connectivity index (χ3v) is 4.21. The maximum atomic E-state index is 12.6. The maximum Gasteiger partial charge on any atom is 0.193 e. The van der Waals surface area contributed by atoms with Crippen LogP contribution in [0.15, 0.2) is 48.5 Å². The highest BCUT2D eigenvalue weighted by Gasteiger charge is 2.22. The van der Waals surface area contributed by atoms with Crippen LogP contribution in [0.25, 0.3) is 0 Å². The molecule has 0 aliphatic rings. The Labute approximate surface area is 174 Å². The van der Waals surface area contributed by atoms with Gasteiger partial charge in [0.05, 0.1) is 6.04 Å². The minimum absolute atomic E-state index is 0.0685. The first kappa shape index (κ1) is 20.9. The van der Waals surface area contributed by atoms with E-state index < -0.39 is 12.3 Å². The molecule has 2 aromatic carbocycles. The first-order valence-electron chi connectivity index (χ1n) is 7.66. The first-order chi connectivity index (χ1) is 12.3. The molecule has 0 amide bonds. The molecule has 0 radical (unpaired) electrons. The zero-order chi connectivity index (χ0) is 19.3. The van der Waals surface area contributed by atoms with E-state index in [1.54, 1.807) is 36.4 Å². The van der Waals surface area contributed by atoms with Crippen molar-refractivity contribution < 1.29 is 9.90 Å². The summed E-state index contributed by atoms with van der Waals surface area (Å²) in [4.78, 5) is 12.6. The van der Waals surface area contributed by atoms with E-state index >= 15 is 0 Å². The molecule has 0 aliphatic carbocycles. The maximum absolute atomic E-state index is 12.6. The van der Waals surface area contributed by atoms with Crippen molar-refractivity contribution in [1.29, 1.82) is 0 Å². The molecule has 0 fully saturated rings. The smallest absolute Gasteiger partial charge is 0.193 e. The lowest BCUT2D eigenvalue weighted by Crippen LogP contribution is -2.43. The summed E-state index contributed by atoms with van der Waals surface area (Å²) in [5.74, 6) is -0.0685. The van der Waals surface area contributed by atoms with Gasteiger partial charge in [-0.15, -0.1) is 25.3 Å². The molecular formula is C18H18N2O2S4. The molecule has 2 aromatic rings. The lowest BCUT2D eigenvalue weighted by Gasteiger charge is -2.25. The van der Waals surface area contributed by atoms with E-state index in [2.05, 4.69) is 35.9 Å².